The molecule has 0 unspecified atom stereocenters. The van der Waals surface area contributed by atoms with Gasteiger partial charge in [0, 0.05) is 53.6 Å². The summed E-state index contributed by atoms with van der Waals surface area (Å²) in [5.41, 5.74) is 2.49. The van der Waals surface area contributed by atoms with Gasteiger partial charge in [-0.3, -0.25) is 9.59 Å². The first-order valence-corrected chi connectivity index (χ1v) is 9.79. The molecule has 1 heterocycles. The van der Waals surface area contributed by atoms with Crippen LogP contribution in [-0.2, 0) is 0 Å². The van der Waals surface area contributed by atoms with Gasteiger partial charge in [-0.1, -0.05) is 35.9 Å². The number of amides is 2. The molecule has 0 radical (unpaired) electrons. The van der Waals surface area contributed by atoms with Gasteiger partial charge in [0.05, 0.1) is 5.70 Å². The second-order valence-electron chi connectivity index (χ2n) is 7.09. The minimum Gasteiger partial charge on any atom is -0.364 e. The summed E-state index contributed by atoms with van der Waals surface area (Å²) in [5, 5.41) is 3.45. The highest BCUT2D eigenvalue weighted by molar-refractivity contribution is 6.30. The number of allylic oxidation sites excluding steroid dienone is 2. The summed E-state index contributed by atoms with van der Waals surface area (Å²) >= 11 is 5.87. The van der Waals surface area contributed by atoms with Gasteiger partial charge in [0.2, 0.25) is 5.78 Å². The van der Waals surface area contributed by atoms with Crippen molar-refractivity contribution < 1.29 is 14.4 Å². The molecular weight excluding hydrogens is 390 g/mol. The van der Waals surface area contributed by atoms with E-state index in [4.69, 9.17) is 11.6 Å². The SMILES string of the molecule is CC1=C(N2CCN(C(=O)Nc3ccc(Cl)cc3)CC2)C(=O)c2ccccc2C1=O. The maximum absolute atomic E-state index is 13.0. The van der Waals surface area contributed by atoms with Gasteiger partial charge in [-0.25, -0.2) is 4.79 Å². The Morgan fingerprint density at radius 1 is 0.897 bits per heavy atom. The molecular formula is C22H20ClN3O3. The summed E-state index contributed by atoms with van der Waals surface area (Å²) in [6.45, 7) is 3.59. The quantitative estimate of drug-likeness (QED) is 0.818. The predicted octanol–water partition coefficient (Wildman–Crippen LogP) is 3.84. The fraction of sp³-hybridized carbons (Fsp3) is 0.227. The Hall–Kier alpha value is -3.12. The van der Waals surface area contributed by atoms with Gasteiger partial charge in [-0.05, 0) is 31.2 Å². The average Bonchev–Trinajstić information content (AvgIpc) is 2.74. The number of carbonyl (C=O) groups excluding carboxylic acids is 3. The van der Waals surface area contributed by atoms with Gasteiger partial charge in [0.25, 0.3) is 0 Å². The summed E-state index contributed by atoms with van der Waals surface area (Å²) in [4.78, 5) is 41.8. The van der Waals surface area contributed by atoms with Crippen molar-refractivity contribution >= 4 is 34.9 Å². The van der Waals surface area contributed by atoms with E-state index in [-0.39, 0.29) is 17.6 Å². The van der Waals surface area contributed by atoms with Crippen molar-refractivity contribution in [2.75, 3.05) is 31.5 Å². The molecule has 7 heteroatoms. The number of nitrogens with zero attached hydrogens (tertiary/aromatic N) is 2. The zero-order valence-corrected chi connectivity index (χ0v) is 16.7. The summed E-state index contributed by atoms with van der Waals surface area (Å²) in [6, 6.07) is 13.6. The summed E-state index contributed by atoms with van der Waals surface area (Å²) in [6.07, 6.45) is 0. The molecule has 1 aliphatic heterocycles. The lowest BCUT2D eigenvalue weighted by molar-refractivity contribution is 0.0919. The third kappa shape index (κ3) is 3.63. The molecule has 0 bridgehead atoms. The Balaban J connectivity index is 1.45. The molecule has 148 valence electrons. The molecule has 0 saturated carbocycles. The van der Waals surface area contributed by atoms with Crippen molar-refractivity contribution in [1.29, 1.82) is 0 Å². The Morgan fingerprint density at radius 3 is 2.10 bits per heavy atom. The number of fused-ring (bicyclic) bond motifs is 1. The standard InChI is InChI=1S/C22H20ClN3O3/c1-14-19(21(28)18-5-3-2-4-17(18)20(14)27)25-10-12-26(13-11-25)22(29)24-16-8-6-15(23)7-9-16/h2-9H,10-13H2,1H3,(H,24,29). The first-order valence-electron chi connectivity index (χ1n) is 9.41. The smallest absolute Gasteiger partial charge is 0.321 e. The lowest BCUT2D eigenvalue weighted by Gasteiger charge is -2.38. The number of anilines is 1. The maximum atomic E-state index is 13.0. The number of hydrogen-bond acceptors (Lipinski definition) is 4. The highest BCUT2D eigenvalue weighted by atomic mass is 35.5. The minimum absolute atomic E-state index is 0.113. The Labute approximate surface area is 173 Å². The summed E-state index contributed by atoms with van der Waals surface area (Å²) in [7, 11) is 0. The van der Waals surface area contributed by atoms with Gasteiger partial charge >= 0.3 is 6.03 Å². The van der Waals surface area contributed by atoms with E-state index < -0.39 is 0 Å². The lowest BCUT2D eigenvalue weighted by atomic mass is 9.87. The molecule has 2 aromatic carbocycles. The second-order valence-corrected chi connectivity index (χ2v) is 7.53. The van der Waals surface area contributed by atoms with Crippen LogP contribution in [0.25, 0.3) is 0 Å². The number of benzene rings is 2. The molecule has 2 aromatic rings. The first kappa shape index (κ1) is 19.2. The minimum atomic E-state index is -0.200. The molecule has 0 aromatic heterocycles. The van der Waals surface area contributed by atoms with Crippen LogP contribution in [0, 0.1) is 0 Å². The van der Waals surface area contributed by atoms with Crippen molar-refractivity contribution in [2.24, 2.45) is 0 Å². The van der Waals surface area contributed by atoms with Crippen LogP contribution in [0.4, 0.5) is 10.5 Å². The zero-order chi connectivity index (χ0) is 20.5. The molecule has 1 aliphatic carbocycles. The van der Waals surface area contributed by atoms with Crippen LogP contribution in [-0.4, -0.2) is 53.6 Å². The van der Waals surface area contributed by atoms with Crippen LogP contribution in [0.2, 0.25) is 5.02 Å². The number of nitrogens with one attached hydrogen (secondary N) is 1. The number of rotatable bonds is 2. The molecule has 2 amide bonds. The second kappa shape index (κ2) is 7.72. The summed E-state index contributed by atoms with van der Waals surface area (Å²) in [5.74, 6) is -0.241. The number of urea groups is 1. The number of Topliss-reactive ketones (excluding diaryl/α,β-unsaturated/α-hetero) is 2. The number of piperazine rings is 1. The molecule has 29 heavy (non-hydrogen) atoms. The number of hydrogen-bond donors (Lipinski definition) is 1. The molecule has 6 nitrogen and oxygen atoms in total. The van der Waals surface area contributed by atoms with Crippen molar-refractivity contribution in [3.05, 3.63) is 76.0 Å². The van der Waals surface area contributed by atoms with Crippen LogP contribution in [0.3, 0.4) is 0 Å². The van der Waals surface area contributed by atoms with Crippen LogP contribution in [0.5, 0.6) is 0 Å². The van der Waals surface area contributed by atoms with Crippen LogP contribution in [0.15, 0.2) is 59.8 Å². The Kier molecular flexibility index (Phi) is 5.11. The Bertz CT molecular complexity index is 1020. The molecule has 1 N–H and O–H groups in total. The van der Waals surface area contributed by atoms with E-state index >= 15 is 0 Å². The molecule has 4 rings (SSSR count). The van der Waals surface area contributed by atoms with Crippen molar-refractivity contribution in [2.45, 2.75) is 6.92 Å². The highest BCUT2D eigenvalue weighted by Crippen LogP contribution is 2.29. The topological polar surface area (TPSA) is 69.7 Å². The fourth-order valence-corrected chi connectivity index (χ4v) is 3.86. The van der Waals surface area contributed by atoms with Crippen LogP contribution >= 0.6 is 11.6 Å². The Morgan fingerprint density at radius 2 is 1.48 bits per heavy atom. The number of carbonyl (C=O) groups is 3. The largest absolute Gasteiger partial charge is 0.364 e. The van der Waals surface area contributed by atoms with Crippen molar-refractivity contribution in [3.8, 4) is 0 Å². The molecule has 0 atom stereocenters. The molecule has 1 fully saturated rings. The zero-order valence-electron chi connectivity index (χ0n) is 15.9. The average molecular weight is 410 g/mol. The summed E-state index contributed by atoms with van der Waals surface area (Å²) < 4.78 is 0. The van der Waals surface area contributed by atoms with E-state index in [1.54, 1.807) is 60.4 Å². The van der Waals surface area contributed by atoms with E-state index in [9.17, 15) is 14.4 Å². The number of halogens is 1. The maximum Gasteiger partial charge on any atom is 0.321 e. The van der Waals surface area contributed by atoms with Crippen LogP contribution < -0.4 is 5.32 Å². The van der Waals surface area contributed by atoms with Gasteiger partial charge < -0.3 is 15.1 Å². The first-order chi connectivity index (χ1) is 14.0. The molecule has 0 spiro atoms. The monoisotopic (exact) mass is 409 g/mol. The third-order valence-corrected chi connectivity index (χ3v) is 5.56. The van der Waals surface area contributed by atoms with Crippen LogP contribution in [0.1, 0.15) is 27.6 Å². The van der Waals surface area contributed by atoms with E-state index in [0.717, 1.165) is 0 Å². The highest BCUT2D eigenvalue weighted by Gasteiger charge is 2.34. The van der Waals surface area contributed by atoms with Gasteiger partial charge in [0.15, 0.2) is 5.78 Å². The van der Waals surface area contributed by atoms with Gasteiger partial charge in [-0.2, -0.15) is 0 Å². The third-order valence-electron chi connectivity index (χ3n) is 5.31. The fourth-order valence-electron chi connectivity index (χ4n) is 3.74. The predicted molar refractivity (Wildman–Crippen MR) is 111 cm³/mol. The normalized spacial score (nSPS) is 16.8. The van der Waals surface area contributed by atoms with E-state index in [2.05, 4.69) is 5.32 Å². The van der Waals surface area contributed by atoms with Gasteiger partial charge in [-0.15, -0.1) is 0 Å². The van der Waals surface area contributed by atoms with Crippen molar-refractivity contribution in [3.63, 3.8) is 0 Å². The van der Waals surface area contributed by atoms with E-state index in [1.807, 2.05) is 4.90 Å². The van der Waals surface area contributed by atoms with E-state index in [1.165, 1.54) is 0 Å². The molecule has 2 aliphatic rings. The van der Waals surface area contributed by atoms with E-state index in [0.29, 0.717) is 59.3 Å². The molecule has 1 saturated heterocycles. The van der Waals surface area contributed by atoms with Crippen molar-refractivity contribution in [1.82, 2.24) is 9.80 Å². The number of ketones is 2. The lowest BCUT2D eigenvalue weighted by Crippen LogP contribution is -2.51. The van der Waals surface area contributed by atoms with Gasteiger partial charge in [0.1, 0.15) is 0 Å².